The molecule has 0 unspecified atom stereocenters. The van der Waals surface area contributed by atoms with Crippen molar-refractivity contribution in [2.24, 2.45) is 0 Å². The lowest BCUT2D eigenvalue weighted by atomic mass is 9.91. The van der Waals surface area contributed by atoms with Gasteiger partial charge in [-0.25, -0.2) is 0 Å². The molecule has 0 heteroatoms. The highest BCUT2D eigenvalue weighted by Crippen LogP contribution is 2.31. The van der Waals surface area contributed by atoms with Crippen LogP contribution >= 0.6 is 0 Å². The molecular formula is C19H20. The zero-order valence-corrected chi connectivity index (χ0v) is 11.4. The van der Waals surface area contributed by atoms with Crippen molar-refractivity contribution >= 4 is 0 Å². The van der Waals surface area contributed by atoms with Gasteiger partial charge in [0.2, 0.25) is 0 Å². The van der Waals surface area contributed by atoms with Gasteiger partial charge in [0.25, 0.3) is 0 Å². The molecule has 0 N–H and O–H groups in total. The zero-order chi connectivity index (χ0) is 12.7. The summed E-state index contributed by atoms with van der Waals surface area (Å²) in [5.74, 6) is 0. The maximum absolute atomic E-state index is 2.36. The van der Waals surface area contributed by atoms with Crippen molar-refractivity contribution in [1.82, 2.24) is 0 Å². The molecule has 4 rings (SSSR count). The molecule has 0 fully saturated rings. The number of aryl methyl sites for hydroxylation is 2. The van der Waals surface area contributed by atoms with Crippen LogP contribution in [0.4, 0.5) is 0 Å². The highest BCUT2D eigenvalue weighted by Gasteiger charge is 2.18. The average molecular weight is 248 g/mol. The second-order valence-electron chi connectivity index (χ2n) is 5.99. The van der Waals surface area contributed by atoms with Crippen LogP contribution in [0.5, 0.6) is 0 Å². The van der Waals surface area contributed by atoms with Crippen molar-refractivity contribution in [1.29, 1.82) is 0 Å². The lowest BCUT2D eigenvalue weighted by Gasteiger charge is -2.14. The molecule has 2 aromatic carbocycles. The van der Waals surface area contributed by atoms with E-state index in [4.69, 9.17) is 0 Å². The Kier molecular flexibility index (Phi) is 2.69. The quantitative estimate of drug-likeness (QED) is 0.653. The summed E-state index contributed by atoms with van der Waals surface area (Å²) in [4.78, 5) is 0. The monoisotopic (exact) mass is 248 g/mol. The fourth-order valence-electron chi connectivity index (χ4n) is 3.90. The Balaban J connectivity index is 1.94. The van der Waals surface area contributed by atoms with Crippen LogP contribution in [-0.4, -0.2) is 0 Å². The van der Waals surface area contributed by atoms with Crippen molar-refractivity contribution in [3.8, 4) is 0 Å². The van der Waals surface area contributed by atoms with Gasteiger partial charge in [-0.15, -0.1) is 0 Å². The van der Waals surface area contributed by atoms with Crippen molar-refractivity contribution in [3.63, 3.8) is 0 Å². The lowest BCUT2D eigenvalue weighted by Crippen LogP contribution is -2.03. The van der Waals surface area contributed by atoms with Crippen LogP contribution in [0.2, 0.25) is 0 Å². The van der Waals surface area contributed by atoms with Gasteiger partial charge in [0.1, 0.15) is 0 Å². The maximum atomic E-state index is 2.36. The van der Waals surface area contributed by atoms with E-state index in [2.05, 4.69) is 36.4 Å². The van der Waals surface area contributed by atoms with Gasteiger partial charge in [0.15, 0.2) is 0 Å². The Morgan fingerprint density at radius 3 is 1.53 bits per heavy atom. The lowest BCUT2D eigenvalue weighted by molar-refractivity contribution is 0.714. The van der Waals surface area contributed by atoms with Crippen molar-refractivity contribution < 1.29 is 0 Å². The molecule has 0 saturated heterocycles. The molecule has 0 aromatic heterocycles. The summed E-state index contributed by atoms with van der Waals surface area (Å²) in [6.07, 6.45) is 8.85. The van der Waals surface area contributed by atoms with Crippen molar-refractivity contribution in [2.45, 2.75) is 44.9 Å². The number of fused-ring (bicyclic) bond motifs is 1. The summed E-state index contributed by atoms with van der Waals surface area (Å²) in [6, 6.07) is 13.9. The first-order valence-electron chi connectivity index (χ1n) is 7.61. The standard InChI is InChI=1S/C19H20/c1-2-6-15-8-4-10-17-13-16-9-3-7-14(5-1)18(16)11-12-19(15)17/h3-4,7-10H,1-2,5-6,11-13H2. The first kappa shape index (κ1) is 11.3. The van der Waals surface area contributed by atoms with Gasteiger partial charge >= 0.3 is 0 Å². The Labute approximate surface area is 115 Å². The molecule has 0 radical (unpaired) electrons. The number of hydrogen-bond donors (Lipinski definition) is 0. The molecule has 0 nitrogen and oxygen atoms in total. The van der Waals surface area contributed by atoms with Crippen LogP contribution < -0.4 is 0 Å². The fourth-order valence-corrected chi connectivity index (χ4v) is 3.90. The van der Waals surface area contributed by atoms with E-state index in [0.717, 1.165) is 6.42 Å². The van der Waals surface area contributed by atoms with E-state index in [1.54, 1.807) is 33.4 Å². The van der Waals surface area contributed by atoms with E-state index in [1.165, 1.54) is 38.5 Å². The molecule has 0 saturated carbocycles. The van der Waals surface area contributed by atoms with E-state index in [1.807, 2.05) is 0 Å². The van der Waals surface area contributed by atoms with E-state index in [9.17, 15) is 0 Å². The van der Waals surface area contributed by atoms with E-state index in [-0.39, 0.29) is 0 Å². The van der Waals surface area contributed by atoms with E-state index in [0.29, 0.717) is 0 Å². The van der Waals surface area contributed by atoms with Gasteiger partial charge in [0, 0.05) is 0 Å². The maximum Gasteiger partial charge on any atom is -0.00201 e. The van der Waals surface area contributed by atoms with E-state index < -0.39 is 0 Å². The third kappa shape index (κ3) is 1.90. The van der Waals surface area contributed by atoms with Crippen LogP contribution in [0.3, 0.4) is 0 Å². The van der Waals surface area contributed by atoms with Gasteiger partial charge in [-0.2, -0.15) is 0 Å². The molecule has 0 amide bonds. The molecule has 2 bridgehead atoms. The molecule has 2 aliphatic rings. The summed E-state index contributed by atoms with van der Waals surface area (Å²) in [5, 5.41) is 0. The summed E-state index contributed by atoms with van der Waals surface area (Å²) in [7, 11) is 0. The summed E-state index contributed by atoms with van der Waals surface area (Å²) in [5.41, 5.74) is 9.71. The Morgan fingerprint density at radius 2 is 1.00 bits per heavy atom. The van der Waals surface area contributed by atoms with Crippen LogP contribution in [0.15, 0.2) is 36.4 Å². The zero-order valence-electron chi connectivity index (χ0n) is 11.4. The second-order valence-corrected chi connectivity index (χ2v) is 5.99. The number of benzene rings is 2. The summed E-state index contributed by atoms with van der Waals surface area (Å²) in [6.45, 7) is 0. The van der Waals surface area contributed by atoms with Gasteiger partial charge < -0.3 is 0 Å². The van der Waals surface area contributed by atoms with Gasteiger partial charge in [-0.3, -0.25) is 0 Å². The molecule has 0 heterocycles. The van der Waals surface area contributed by atoms with Gasteiger partial charge in [-0.1, -0.05) is 36.4 Å². The first-order chi connectivity index (χ1) is 9.42. The third-order valence-corrected chi connectivity index (χ3v) is 4.89. The highest BCUT2D eigenvalue weighted by atomic mass is 14.2. The van der Waals surface area contributed by atoms with Crippen LogP contribution in [0, 0.1) is 0 Å². The first-order valence-corrected chi connectivity index (χ1v) is 7.61. The fraction of sp³-hybridized carbons (Fsp3) is 0.368. The van der Waals surface area contributed by atoms with Gasteiger partial charge in [0.05, 0.1) is 0 Å². The summed E-state index contributed by atoms with van der Waals surface area (Å²) < 4.78 is 0. The Morgan fingerprint density at radius 1 is 0.526 bits per heavy atom. The second kappa shape index (κ2) is 4.52. The molecule has 0 atom stereocenters. The van der Waals surface area contributed by atoms with Crippen LogP contribution in [-0.2, 0) is 32.1 Å². The molecule has 2 aliphatic carbocycles. The SMILES string of the molecule is c1cc2c3c(c1)Cc1cccc(c1CC3)CCCC2. The smallest absolute Gasteiger partial charge is 0.00201 e. The van der Waals surface area contributed by atoms with Crippen molar-refractivity contribution in [3.05, 3.63) is 69.8 Å². The third-order valence-electron chi connectivity index (χ3n) is 4.89. The Hall–Kier alpha value is -1.56. The number of hydrogen-bond acceptors (Lipinski definition) is 0. The minimum atomic E-state index is 1.15. The van der Waals surface area contributed by atoms with Crippen LogP contribution in [0.25, 0.3) is 0 Å². The topological polar surface area (TPSA) is 0 Å². The molecule has 19 heavy (non-hydrogen) atoms. The molecule has 0 aliphatic heterocycles. The van der Waals surface area contributed by atoms with E-state index >= 15 is 0 Å². The molecule has 96 valence electrons. The normalized spacial score (nSPS) is 17.1. The van der Waals surface area contributed by atoms with Gasteiger partial charge in [-0.05, 0) is 78.3 Å². The van der Waals surface area contributed by atoms with Crippen LogP contribution in [0.1, 0.15) is 46.2 Å². The predicted octanol–water partition coefficient (Wildman–Crippen LogP) is 4.25. The minimum Gasteiger partial charge on any atom is -0.0617 e. The molecule has 0 spiro atoms. The molecular weight excluding hydrogens is 228 g/mol. The summed E-state index contributed by atoms with van der Waals surface area (Å²) >= 11 is 0. The number of rotatable bonds is 0. The highest BCUT2D eigenvalue weighted by molar-refractivity contribution is 5.46. The minimum absolute atomic E-state index is 1.15. The largest absolute Gasteiger partial charge is 0.0617 e. The Bertz CT molecular complexity index is 566. The predicted molar refractivity (Wildman–Crippen MR) is 79.7 cm³/mol. The average Bonchev–Trinajstić information content (AvgIpc) is 2.64. The van der Waals surface area contributed by atoms with Crippen molar-refractivity contribution in [2.75, 3.05) is 0 Å². The molecule has 2 aromatic rings.